The van der Waals surface area contributed by atoms with Crippen LogP contribution < -0.4 is 15.5 Å². The summed E-state index contributed by atoms with van der Waals surface area (Å²) in [4.78, 5) is 17.5. The van der Waals surface area contributed by atoms with Crippen LogP contribution in [0.4, 0.5) is 29.0 Å². The van der Waals surface area contributed by atoms with E-state index in [-0.39, 0.29) is 6.10 Å². The molecule has 1 fully saturated rings. The smallest absolute Gasteiger partial charge is 0.231 e. The molecule has 1 saturated heterocycles. The van der Waals surface area contributed by atoms with Crippen molar-refractivity contribution in [1.82, 2.24) is 15.0 Å². The van der Waals surface area contributed by atoms with Crippen LogP contribution in [0.1, 0.15) is 26.7 Å². The number of nitrogens with zero attached hydrogens (tertiary/aromatic N) is 4. The van der Waals surface area contributed by atoms with Crippen molar-refractivity contribution >= 4 is 62.3 Å². The number of thiophene rings is 1. The van der Waals surface area contributed by atoms with Crippen LogP contribution in [0.2, 0.25) is 0 Å². The maximum absolute atomic E-state index is 9.74. The minimum absolute atomic E-state index is 0.187. The zero-order valence-electron chi connectivity index (χ0n) is 19.2. The molecule has 0 unspecified atom stereocenters. The number of hydrogen-bond donors (Lipinski definition) is 3. The van der Waals surface area contributed by atoms with Crippen molar-refractivity contribution in [3.63, 3.8) is 0 Å². The van der Waals surface area contributed by atoms with E-state index in [1.807, 2.05) is 41.5 Å². The second kappa shape index (κ2) is 10.2. The van der Waals surface area contributed by atoms with Crippen molar-refractivity contribution < 1.29 is 5.11 Å². The molecule has 0 radical (unpaired) electrons. The van der Waals surface area contributed by atoms with Crippen LogP contribution in [0.25, 0.3) is 10.2 Å². The van der Waals surface area contributed by atoms with Gasteiger partial charge in [-0.3, -0.25) is 0 Å². The minimum Gasteiger partial charge on any atom is -0.393 e. The Balaban J connectivity index is 1.37. The molecule has 0 spiro atoms. The minimum atomic E-state index is -0.187. The van der Waals surface area contributed by atoms with E-state index in [0.29, 0.717) is 17.0 Å². The lowest BCUT2D eigenvalue weighted by Gasteiger charge is -2.31. The highest BCUT2D eigenvalue weighted by Gasteiger charge is 2.18. The van der Waals surface area contributed by atoms with Gasteiger partial charge >= 0.3 is 0 Å². The van der Waals surface area contributed by atoms with Crippen molar-refractivity contribution in [2.45, 2.75) is 42.9 Å². The van der Waals surface area contributed by atoms with E-state index in [0.717, 1.165) is 53.3 Å². The van der Waals surface area contributed by atoms with Gasteiger partial charge in [-0.2, -0.15) is 4.98 Å². The molecule has 1 aliphatic rings. The Kier molecular flexibility index (Phi) is 6.85. The lowest BCUT2D eigenvalue weighted by Crippen LogP contribution is -2.35. The first-order valence-electron chi connectivity index (χ1n) is 11.5. The molecule has 0 bridgehead atoms. The third-order valence-corrected chi connectivity index (χ3v) is 7.62. The summed E-state index contributed by atoms with van der Waals surface area (Å²) >= 11 is 3.45. The van der Waals surface area contributed by atoms with E-state index in [1.54, 1.807) is 11.3 Å². The fourth-order valence-electron chi connectivity index (χ4n) is 3.94. The van der Waals surface area contributed by atoms with E-state index in [1.165, 1.54) is 4.90 Å². The van der Waals surface area contributed by atoms with Crippen LogP contribution in [0, 0.1) is 0 Å². The average molecular weight is 493 g/mol. The Morgan fingerprint density at radius 1 is 1.06 bits per heavy atom. The van der Waals surface area contributed by atoms with Crippen LogP contribution in [-0.4, -0.2) is 44.5 Å². The maximum atomic E-state index is 9.74. The zero-order valence-corrected chi connectivity index (χ0v) is 20.9. The molecule has 34 heavy (non-hydrogen) atoms. The summed E-state index contributed by atoms with van der Waals surface area (Å²) in [6, 6.07) is 14.3. The van der Waals surface area contributed by atoms with Gasteiger partial charge in [0, 0.05) is 23.2 Å². The summed E-state index contributed by atoms with van der Waals surface area (Å²) in [5.74, 6) is 1.98. The van der Waals surface area contributed by atoms with Gasteiger partial charge in [0.1, 0.15) is 5.82 Å². The Morgan fingerprint density at radius 3 is 2.65 bits per heavy atom. The number of benzene rings is 1. The van der Waals surface area contributed by atoms with Gasteiger partial charge in [0.2, 0.25) is 5.95 Å². The molecular weight excluding hydrogens is 464 g/mol. The van der Waals surface area contributed by atoms with Crippen LogP contribution in [0.5, 0.6) is 0 Å². The van der Waals surface area contributed by atoms with Crippen LogP contribution >= 0.6 is 23.1 Å². The van der Waals surface area contributed by atoms with Gasteiger partial charge < -0.3 is 20.6 Å². The highest BCUT2D eigenvalue weighted by atomic mass is 32.2. The fraction of sp³-hybridized carbons (Fsp3) is 0.320. The molecule has 3 N–H and O–H groups in total. The number of para-hydroxylation sites is 1. The predicted molar refractivity (Wildman–Crippen MR) is 143 cm³/mol. The molecule has 0 aliphatic carbocycles. The maximum Gasteiger partial charge on any atom is 0.231 e. The van der Waals surface area contributed by atoms with Crippen molar-refractivity contribution in [2.75, 3.05) is 28.6 Å². The fourth-order valence-corrected chi connectivity index (χ4v) is 5.63. The quantitative estimate of drug-likeness (QED) is 0.269. The summed E-state index contributed by atoms with van der Waals surface area (Å²) < 4.78 is 1.02. The molecule has 1 aromatic carbocycles. The molecule has 5 rings (SSSR count). The van der Waals surface area contributed by atoms with Crippen molar-refractivity contribution in [3.8, 4) is 0 Å². The average Bonchev–Trinajstić information content (AvgIpc) is 3.30. The molecule has 0 atom stereocenters. The van der Waals surface area contributed by atoms with Crippen LogP contribution in [-0.2, 0) is 0 Å². The normalized spacial score (nSPS) is 14.6. The molecule has 4 heterocycles. The SMILES string of the molecule is CC(C)Sc1ccccc1Nc1nc(Nc2ccc(N3CCC(O)CC3)cn2)nc2ccsc12. The third-order valence-electron chi connectivity index (χ3n) is 5.62. The summed E-state index contributed by atoms with van der Waals surface area (Å²) in [6.45, 7) is 6.08. The van der Waals surface area contributed by atoms with Crippen LogP contribution in [0.3, 0.4) is 0 Å². The van der Waals surface area contributed by atoms with E-state index in [9.17, 15) is 5.11 Å². The van der Waals surface area contributed by atoms with Crippen molar-refractivity contribution in [1.29, 1.82) is 0 Å². The molecule has 176 valence electrons. The first-order valence-corrected chi connectivity index (χ1v) is 13.2. The second-order valence-corrected chi connectivity index (χ2v) is 11.1. The number of rotatable bonds is 7. The van der Waals surface area contributed by atoms with E-state index >= 15 is 0 Å². The molecule has 1 aliphatic heterocycles. The van der Waals surface area contributed by atoms with Gasteiger partial charge in [0.15, 0.2) is 5.82 Å². The van der Waals surface area contributed by atoms with Crippen molar-refractivity contribution in [2.24, 2.45) is 0 Å². The molecule has 9 heteroatoms. The number of pyridine rings is 1. The molecule has 4 aromatic rings. The van der Waals surface area contributed by atoms with Gasteiger partial charge in [-0.25, -0.2) is 9.97 Å². The Labute approximate surface area is 207 Å². The standard InChI is InChI=1S/C25H28N6OS2/c1-16(2)34-21-6-4-3-5-19(21)27-24-23-20(11-14-33-23)28-25(30-24)29-22-8-7-17(15-26-22)31-12-9-18(32)10-13-31/h3-8,11,14-16,18,32H,9-10,12-13H2,1-2H3,(H2,26,27,28,29,30). The number of hydrogen-bond acceptors (Lipinski definition) is 9. The van der Waals surface area contributed by atoms with E-state index < -0.39 is 0 Å². The topological polar surface area (TPSA) is 86.2 Å². The number of thioether (sulfide) groups is 1. The highest BCUT2D eigenvalue weighted by molar-refractivity contribution is 8.00. The lowest BCUT2D eigenvalue weighted by molar-refractivity contribution is 0.145. The largest absolute Gasteiger partial charge is 0.393 e. The summed E-state index contributed by atoms with van der Waals surface area (Å²) in [7, 11) is 0. The van der Waals surface area contributed by atoms with Gasteiger partial charge in [-0.1, -0.05) is 26.0 Å². The number of aliphatic hydroxyl groups is 1. The van der Waals surface area contributed by atoms with Crippen molar-refractivity contribution in [3.05, 3.63) is 54.0 Å². The summed E-state index contributed by atoms with van der Waals surface area (Å²) in [5, 5.41) is 19.1. The van der Waals surface area contributed by atoms with E-state index in [2.05, 4.69) is 63.6 Å². The number of anilines is 5. The van der Waals surface area contributed by atoms with Gasteiger partial charge in [0.05, 0.1) is 33.9 Å². The third kappa shape index (κ3) is 5.27. The summed E-state index contributed by atoms with van der Waals surface area (Å²) in [6.07, 6.45) is 3.27. The molecule has 3 aromatic heterocycles. The number of fused-ring (bicyclic) bond motifs is 1. The van der Waals surface area contributed by atoms with Gasteiger partial charge in [0.25, 0.3) is 0 Å². The molecule has 0 amide bonds. The van der Waals surface area contributed by atoms with Gasteiger partial charge in [-0.15, -0.1) is 23.1 Å². The Bertz CT molecular complexity index is 1250. The number of nitrogens with one attached hydrogen (secondary N) is 2. The molecule has 7 nitrogen and oxygen atoms in total. The molecule has 0 saturated carbocycles. The zero-order chi connectivity index (χ0) is 23.5. The Hall–Kier alpha value is -2.88. The monoisotopic (exact) mass is 492 g/mol. The lowest BCUT2D eigenvalue weighted by atomic mass is 10.1. The van der Waals surface area contributed by atoms with Crippen LogP contribution in [0.15, 0.2) is 58.9 Å². The first kappa shape index (κ1) is 22.9. The summed E-state index contributed by atoms with van der Waals surface area (Å²) in [5.41, 5.74) is 2.99. The predicted octanol–water partition coefficient (Wildman–Crippen LogP) is 6.04. The number of piperidine rings is 1. The number of aliphatic hydroxyl groups excluding tert-OH is 1. The van der Waals surface area contributed by atoms with E-state index in [4.69, 9.17) is 4.98 Å². The highest BCUT2D eigenvalue weighted by Crippen LogP contribution is 2.35. The Morgan fingerprint density at radius 2 is 1.88 bits per heavy atom. The molecular formula is C25H28N6OS2. The first-order chi connectivity index (χ1) is 16.5. The number of aromatic nitrogens is 3. The second-order valence-electron chi connectivity index (χ2n) is 8.56. The van der Waals surface area contributed by atoms with Gasteiger partial charge in [-0.05, 0) is 48.6 Å².